The molecule has 2 aromatic heterocycles. The Morgan fingerprint density at radius 1 is 1.22 bits per heavy atom. The summed E-state index contributed by atoms with van der Waals surface area (Å²) in [5.41, 5.74) is 4.19. The molecule has 2 heterocycles. The number of benzene rings is 2. The largest absolute Gasteiger partial charge is 0.496 e. The number of hydrogen-bond acceptors (Lipinski definition) is 9. The normalized spacial score (nSPS) is 10.9. The van der Waals surface area contributed by atoms with Crippen molar-refractivity contribution >= 4 is 45.6 Å². The summed E-state index contributed by atoms with van der Waals surface area (Å²) in [6.07, 6.45) is 2.67. The van der Waals surface area contributed by atoms with Gasteiger partial charge >= 0.3 is 5.95 Å². The Kier molecular flexibility index (Phi) is 7.68. The molecule has 0 atom stereocenters. The fourth-order valence-corrected chi connectivity index (χ4v) is 3.56. The van der Waals surface area contributed by atoms with Crippen LogP contribution in [-0.2, 0) is 6.54 Å². The van der Waals surface area contributed by atoms with Gasteiger partial charge in [-0.2, -0.15) is 9.78 Å². The van der Waals surface area contributed by atoms with Crippen molar-refractivity contribution in [2.75, 3.05) is 12.4 Å². The lowest BCUT2D eigenvalue weighted by Gasteiger charge is -2.09. The number of amides is 2. The van der Waals surface area contributed by atoms with E-state index >= 15 is 0 Å². The van der Waals surface area contributed by atoms with Crippen molar-refractivity contribution in [2.24, 2.45) is 5.10 Å². The predicted molar refractivity (Wildman–Crippen MR) is 135 cm³/mol. The van der Waals surface area contributed by atoms with E-state index < -0.39 is 22.7 Å². The molecule has 0 aliphatic heterocycles. The van der Waals surface area contributed by atoms with Crippen LogP contribution in [0.3, 0.4) is 0 Å². The molecule has 0 radical (unpaired) electrons. The van der Waals surface area contributed by atoms with Crippen LogP contribution in [0, 0.1) is 10.1 Å². The summed E-state index contributed by atoms with van der Waals surface area (Å²) >= 11 is 3.14. The second-order valence-electron chi connectivity index (χ2n) is 7.37. The quantitative estimate of drug-likeness (QED) is 0.175. The topological polar surface area (TPSA) is 167 Å². The van der Waals surface area contributed by atoms with E-state index in [0.717, 1.165) is 0 Å². The molecule has 0 fully saturated rings. The van der Waals surface area contributed by atoms with Gasteiger partial charge in [-0.15, -0.1) is 0 Å². The Bertz CT molecular complexity index is 1500. The molecule has 0 unspecified atom stereocenters. The number of furan rings is 1. The molecule has 13 nitrogen and oxygen atoms in total. The number of halogens is 1. The lowest BCUT2D eigenvalue weighted by atomic mass is 10.1. The molecule has 0 aliphatic carbocycles. The van der Waals surface area contributed by atoms with Gasteiger partial charge in [0.2, 0.25) is 6.33 Å². The number of para-hydroxylation sites is 1. The number of hydrazone groups is 1. The molecule has 4 rings (SSSR count). The van der Waals surface area contributed by atoms with Crippen LogP contribution in [0.4, 0.5) is 11.6 Å². The van der Waals surface area contributed by atoms with Gasteiger partial charge in [-0.25, -0.2) is 5.43 Å². The van der Waals surface area contributed by atoms with Crippen molar-refractivity contribution in [3.63, 3.8) is 0 Å². The summed E-state index contributed by atoms with van der Waals surface area (Å²) in [5, 5.41) is 21.3. The summed E-state index contributed by atoms with van der Waals surface area (Å²) in [6.45, 7) is 0.164. The van der Waals surface area contributed by atoms with E-state index in [0.29, 0.717) is 21.5 Å². The number of nitrogens with zero attached hydrogens (tertiary/aromatic N) is 5. The van der Waals surface area contributed by atoms with E-state index in [1.54, 1.807) is 48.5 Å². The number of carbonyl (C=O) groups excluding carboxylic acids is 2. The number of carbonyl (C=O) groups is 2. The molecule has 0 spiro atoms. The Hall–Kier alpha value is -4.85. The SMILES string of the molecule is COc1ccc(/C=N\NC(=O)c2ccccc2NC(=O)c2ccc(Br)o2)cc1Cn1cnc([N+](=O)[O-])n1. The maximum Gasteiger partial charge on any atom is 0.490 e. The molecule has 188 valence electrons. The molecule has 0 saturated heterocycles. The minimum atomic E-state index is -0.681. The van der Waals surface area contributed by atoms with Crippen LogP contribution in [0.2, 0.25) is 0 Å². The maximum absolute atomic E-state index is 12.7. The van der Waals surface area contributed by atoms with Crippen LogP contribution >= 0.6 is 15.9 Å². The van der Waals surface area contributed by atoms with E-state index in [9.17, 15) is 19.7 Å². The first-order chi connectivity index (χ1) is 17.8. The summed E-state index contributed by atoms with van der Waals surface area (Å²) in [7, 11) is 1.50. The van der Waals surface area contributed by atoms with Gasteiger partial charge in [0, 0.05) is 10.7 Å². The zero-order valence-electron chi connectivity index (χ0n) is 19.1. The Morgan fingerprint density at radius 3 is 2.73 bits per heavy atom. The Labute approximate surface area is 217 Å². The average Bonchev–Trinajstić information content (AvgIpc) is 3.54. The summed E-state index contributed by atoms with van der Waals surface area (Å²) in [6, 6.07) is 14.7. The number of aromatic nitrogens is 3. The van der Waals surface area contributed by atoms with Crippen LogP contribution in [0.25, 0.3) is 0 Å². The third kappa shape index (κ3) is 6.24. The number of hydrogen-bond donors (Lipinski definition) is 2. The molecular formula is C23H18BrN7O6. The molecule has 2 N–H and O–H groups in total. The number of methoxy groups -OCH3 is 1. The van der Waals surface area contributed by atoms with Crippen LogP contribution in [-0.4, -0.2) is 44.8 Å². The van der Waals surface area contributed by atoms with Crippen LogP contribution in [0.5, 0.6) is 5.75 Å². The summed E-state index contributed by atoms with van der Waals surface area (Å²) in [5.74, 6) is -0.953. The van der Waals surface area contributed by atoms with E-state index in [4.69, 9.17) is 9.15 Å². The minimum absolute atomic E-state index is 0.0796. The van der Waals surface area contributed by atoms with Gasteiger partial charge in [0.25, 0.3) is 11.8 Å². The van der Waals surface area contributed by atoms with E-state index in [-0.39, 0.29) is 23.6 Å². The van der Waals surface area contributed by atoms with Gasteiger partial charge in [0.05, 0.1) is 31.1 Å². The number of rotatable bonds is 9. The minimum Gasteiger partial charge on any atom is -0.496 e. The zero-order valence-corrected chi connectivity index (χ0v) is 20.7. The lowest BCUT2D eigenvalue weighted by molar-refractivity contribution is -0.394. The molecule has 4 aromatic rings. The van der Waals surface area contributed by atoms with Gasteiger partial charge in [0.15, 0.2) is 10.4 Å². The van der Waals surface area contributed by atoms with Gasteiger partial charge in [-0.1, -0.05) is 17.1 Å². The highest BCUT2D eigenvalue weighted by atomic mass is 79.9. The first-order valence-electron chi connectivity index (χ1n) is 10.5. The molecule has 37 heavy (non-hydrogen) atoms. The van der Waals surface area contributed by atoms with Gasteiger partial charge in [0.1, 0.15) is 5.75 Å². The number of nitro groups is 1. The molecule has 0 aliphatic rings. The third-order valence-electron chi connectivity index (χ3n) is 4.92. The number of ether oxygens (including phenoxy) is 1. The first kappa shape index (κ1) is 25.2. The van der Waals surface area contributed by atoms with Crippen molar-refractivity contribution in [3.05, 3.63) is 98.2 Å². The second kappa shape index (κ2) is 11.3. The van der Waals surface area contributed by atoms with Crippen LogP contribution in [0.1, 0.15) is 32.0 Å². The van der Waals surface area contributed by atoms with Crippen molar-refractivity contribution in [3.8, 4) is 5.75 Å². The fraction of sp³-hybridized carbons (Fsp3) is 0.0870. The van der Waals surface area contributed by atoms with Crippen molar-refractivity contribution in [1.82, 2.24) is 20.2 Å². The van der Waals surface area contributed by atoms with Gasteiger partial charge in [-0.05, 0) is 68.9 Å². The van der Waals surface area contributed by atoms with Crippen molar-refractivity contribution in [1.29, 1.82) is 0 Å². The average molecular weight is 568 g/mol. The summed E-state index contributed by atoms with van der Waals surface area (Å²) in [4.78, 5) is 38.9. The highest BCUT2D eigenvalue weighted by molar-refractivity contribution is 9.10. The van der Waals surface area contributed by atoms with Gasteiger partial charge < -0.3 is 24.6 Å². The fourth-order valence-electron chi connectivity index (χ4n) is 3.26. The van der Waals surface area contributed by atoms with Crippen LogP contribution < -0.4 is 15.5 Å². The van der Waals surface area contributed by atoms with Crippen LogP contribution in [0.15, 0.2) is 75.1 Å². The predicted octanol–water partition coefficient (Wildman–Crippen LogP) is 3.61. The third-order valence-corrected chi connectivity index (χ3v) is 5.35. The van der Waals surface area contributed by atoms with E-state index in [2.05, 4.69) is 41.9 Å². The lowest BCUT2D eigenvalue weighted by Crippen LogP contribution is -2.21. The van der Waals surface area contributed by atoms with Crippen molar-refractivity contribution in [2.45, 2.75) is 6.54 Å². The van der Waals surface area contributed by atoms with Gasteiger partial charge in [-0.3, -0.25) is 9.59 Å². The standard InChI is InChI=1S/C23H18BrN7O6/c1-36-18-7-6-14(10-15(18)12-30-13-25-23(29-30)31(34)35)11-26-28-21(32)16-4-2-3-5-17(16)27-22(33)19-8-9-20(24)37-19/h2-11,13H,12H2,1H3,(H,27,33)(H,28,32)/b26-11-. The smallest absolute Gasteiger partial charge is 0.490 e. The summed E-state index contributed by atoms with van der Waals surface area (Å²) < 4.78 is 12.3. The monoisotopic (exact) mass is 567 g/mol. The molecule has 2 amide bonds. The molecule has 14 heteroatoms. The maximum atomic E-state index is 12.7. The Morgan fingerprint density at radius 2 is 2.03 bits per heavy atom. The molecular weight excluding hydrogens is 550 g/mol. The zero-order chi connectivity index (χ0) is 26.4. The molecule has 0 saturated carbocycles. The molecule has 0 bridgehead atoms. The number of anilines is 1. The number of nitrogens with one attached hydrogen (secondary N) is 2. The first-order valence-corrected chi connectivity index (χ1v) is 11.3. The van der Waals surface area contributed by atoms with E-state index in [1.807, 2.05) is 0 Å². The van der Waals surface area contributed by atoms with Crippen molar-refractivity contribution < 1.29 is 23.7 Å². The second-order valence-corrected chi connectivity index (χ2v) is 8.15. The molecule has 2 aromatic carbocycles. The van der Waals surface area contributed by atoms with E-state index in [1.165, 1.54) is 30.4 Å². The highest BCUT2D eigenvalue weighted by Crippen LogP contribution is 2.21. The highest BCUT2D eigenvalue weighted by Gasteiger charge is 2.17. The Balaban J connectivity index is 1.45.